The molecule has 1 heterocycles. The minimum Gasteiger partial charge on any atom is -0.494 e. The van der Waals surface area contributed by atoms with E-state index in [4.69, 9.17) is 26.8 Å². The Morgan fingerprint density at radius 3 is 2.74 bits per heavy atom. The molecule has 0 unspecified atom stereocenters. The third-order valence-electron chi connectivity index (χ3n) is 3.47. The van der Waals surface area contributed by atoms with E-state index >= 15 is 0 Å². The zero-order valence-corrected chi connectivity index (χ0v) is 16.2. The first-order valence-electron chi connectivity index (χ1n) is 8.08. The number of nitrogens with two attached hydrogens (primary N) is 1. The summed E-state index contributed by atoms with van der Waals surface area (Å²) < 4.78 is 10.4. The van der Waals surface area contributed by atoms with Crippen molar-refractivity contribution in [2.24, 2.45) is 5.73 Å². The van der Waals surface area contributed by atoms with Crippen LogP contribution < -0.4 is 15.8 Å². The number of halogens is 1. The fraction of sp³-hybridized carbons (Fsp3) is 0.278. The number of esters is 1. The third kappa shape index (κ3) is 6.58. The first-order chi connectivity index (χ1) is 12.9. The van der Waals surface area contributed by atoms with Gasteiger partial charge in [-0.1, -0.05) is 11.6 Å². The van der Waals surface area contributed by atoms with E-state index in [-0.39, 0.29) is 12.0 Å². The Morgan fingerprint density at radius 2 is 2.04 bits per heavy atom. The van der Waals surface area contributed by atoms with Crippen molar-refractivity contribution in [3.63, 3.8) is 0 Å². The summed E-state index contributed by atoms with van der Waals surface area (Å²) in [6.45, 7) is 1.77. The Hall–Kier alpha value is -2.58. The molecule has 144 valence electrons. The van der Waals surface area contributed by atoms with E-state index in [9.17, 15) is 14.4 Å². The molecule has 0 saturated carbocycles. The molecular formula is C18H19ClN2O5S. The SMILES string of the molecule is Cc1cc(OCCCC(=O)OCC(=O)Nc2sccc2C(N)=O)ccc1Cl. The first kappa shape index (κ1) is 20.7. The Bertz CT molecular complexity index is 837. The van der Waals surface area contributed by atoms with Crippen LogP contribution in [0.5, 0.6) is 5.75 Å². The summed E-state index contributed by atoms with van der Waals surface area (Å²) in [5.41, 5.74) is 6.32. The number of rotatable bonds is 9. The number of hydrogen-bond donors (Lipinski definition) is 2. The highest BCUT2D eigenvalue weighted by molar-refractivity contribution is 7.14. The van der Waals surface area contributed by atoms with Crippen LogP contribution in [0.3, 0.4) is 0 Å². The highest BCUT2D eigenvalue weighted by atomic mass is 35.5. The summed E-state index contributed by atoms with van der Waals surface area (Å²) in [5.74, 6) is -1.02. The van der Waals surface area contributed by atoms with Crippen LogP contribution in [0.2, 0.25) is 5.02 Å². The summed E-state index contributed by atoms with van der Waals surface area (Å²) in [6, 6.07) is 6.83. The smallest absolute Gasteiger partial charge is 0.306 e. The Labute approximate surface area is 165 Å². The third-order valence-corrected chi connectivity index (χ3v) is 4.73. The van der Waals surface area contributed by atoms with Gasteiger partial charge in [0.2, 0.25) is 0 Å². The molecule has 1 aromatic heterocycles. The minimum absolute atomic E-state index is 0.116. The normalized spacial score (nSPS) is 10.3. The topological polar surface area (TPSA) is 108 Å². The molecule has 7 nitrogen and oxygen atoms in total. The number of primary amides is 1. The van der Waals surface area contributed by atoms with Gasteiger partial charge in [0.25, 0.3) is 11.8 Å². The second-order valence-corrected chi connectivity index (χ2v) is 6.92. The number of hydrogen-bond acceptors (Lipinski definition) is 6. The molecule has 2 rings (SSSR count). The predicted octanol–water partition coefficient (Wildman–Crippen LogP) is 3.15. The van der Waals surface area contributed by atoms with Crippen LogP contribution in [-0.4, -0.2) is 31.0 Å². The Morgan fingerprint density at radius 1 is 1.26 bits per heavy atom. The maximum atomic E-state index is 11.8. The second kappa shape index (κ2) is 9.94. The zero-order chi connectivity index (χ0) is 19.8. The lowest BCUT2D eigenvalue weighted by Gasteiger charge is -2.08. The highest BCUT2D eigenvalue weighted by Crippen LogP contribution is 2.22. The monoisotopic (exact) mass is 410 g/mol. The molecule has 2 amide bonds. The molecule has 9 heteroatoms. The summed E-state index contributed by atoms with van der Waals surface area (Å²) in [6.07, 6.45) is 0.560. The molecule has 0 radical (unpaired) electrons. The molecule has 0 aliphatic carbocycles. The molecule has 3 N–H and O–H groups in total. The van der Waals surface area contributed by atoms with Crippen molar-refractivity contribution in [3.8, 4) is 5.75 Å². The van der Waals surface area contributed by atoms with Gasteiger partial charge >= 0.3 is 5.97 Å². The van der Waals surface area contributed by atoms with Crippen molar-refractivity contribution >= 4 is 45.7 Å². The van der Waals surface area contributed by atoms with Crippen molar-refractivity contribution in [3.05, 3.63) is 45.8 Å². The molecule has 1 aromatic carbocycles. The van der Waals surface area contributed by atoms with Crippen molar-refractivity contribution < 1.29 is 23.9 Å². The van der Waals surface area contributed by atoms with Gasteiger partial charge in [-0.3, -0.25) is 14.4 Å². The van der Waals surface area contributed by atoms with Gasteiger partial charge in [0.1, 0.15) is 10.8 Å². The molecule has 0 saturated heterocycles. The van der Waals surface area contributed by atoms with Crippen molar-refractivity contribution in [2.75, 3.05) is 18.5 Å². The van der Waals surface area contributed by atoms with Gasteiger partial charge in [0, 0.05) is 11.4 Å². The number of benzene rings is 1. The van der Waals surface area contributed by atoms with Crippen molar-refractivity contribution in [1.82, 2.24) is 0 Å². The summed E-state index contributed by atoms with van der Waals surface area (Å²) in [5, 5.41) is 5.11. The van der Waals surface area contributed by atoms with Crippen LogP contribution in [-0.2, 0) is 14.3 Å². The zero-order valence-electron chi connectivity index (χ0n) is 14.6. The standard InChI is InChI=1S/C18H19ClN2O5S/c1-11-9-12(4-5-14(11)19)25-7-2-3-16(23)26-10-15(22)21-18-13(17(20)24)6-8-27-18/h4-6,8-9H,2-3,7,10H2,1H3,(H2,20,24)(H,21,22). The number of ether oxygens (including phenoxy) is 2. The maximum absolute atomic E-state index is 11.8. The van der Waals surface area contributed by atoms with Gasteiger partial charge in [-0.25, -0.2) is 0 Å². The molecular weight excluding hydrogens is 392 g/mol. The highest BCUT2D eigenvalue weighted by Gasteiger charge is 2.14. The molecule has 0 fully saturated rings. The minimum atomic E-state index is -0.639. The fourth-order valence-corrected chi connectivity index (χ4v) is 3.02. The van der Waals surface area contributed by atoms with E-state index in [0.717, 1.165) is 16.9 Å². The number of thiophene rings is 1. The summed E-state index contributed by atoms with van der Waals surface area (Å²) in [4.78, 5) is 34.7. The lowest BCUT2D eigenvalue weighted by Crippen LogP contribution is -2.22. The van der Waals surface area contributed by atoms with Crippen LogP contribution in [0.25, 0.3) is 0 Å². The first-order valence-corrected chi connectivity index (χ1v) is 9.34. The van der Waals surface area contributed by atoms with E-state index in [1.54, 1.807) is 17.5 Å². The van der Waals surface area contributed by atoms with Crippen molar-refractivity contribution in [2.45, 2.75) is 19.8 Å². The molecule has 0 bridgehead atoms. The number of anilines is 1. The lowest BCUT2D eigenvalue weighted by molar-refractivity contribution is -0.147. The maximum Gasteiger partial charge on any atom is 0.306 e. The van der Waals surface area contributed by atoms with E-state index < -0.39 is 24.4 Å². The van der Waals surface area contributed by atoms with Crippen LogP contribution >= 0.6 is 22.9 Å². The summed E-state index contributed by atoms with van der Waals surface area (Å²) in [7, 11) is 0. The molecule has 0 atom stereocenters. The van der Waals surface area contributed by atoms with Gasteiger partial charge < -0.3 is 20.5 Å². The molecule has 0 aliphatic heterocycles. The van der Waals surface area contributed by atoms with Crippen LogP contribution in [0.1, 0.15) is 28.8 Å². The number of aryl methyl sites for hydroxylation is 1. The molecule has 0 spiro atoms. The number of nitrogens with one attached hydrogen (secondary N) is 1. The number of carbonyl (C=O) groups is 3. The van der Waals surface area contributed by atoms with Crippen LogP contribution in [0.4, 0.5) is 5.00 Å². The molecule has 0 aliphatic rings. The fourth-order valence-electron chi connectivity index (χ4n) is 2.09. The van der Waals surface area contributed by atoms with Gasteiger partial charge in [0.05, 0.1) is 12.2 Å². The Kier molecular flexibility index (Phi) is 7.63. The Balaban J connectivity index is 1.65. The van der Waals surface area contributed by atoms with Gasteiger partial charge in [0.15, 0.2) is 6.61 Å². The predicted molar refractivity (Wildman–Crippen MR) is 103 cm³/mol. The molecule has 2 aromatic rings. The average molecular weight is 411 g/mol. The number of carbonyl (C=O) groups excluding carboxylic acids is 3. The van der Waals surface area contributed by atoms with Crippen LogP contribution in [0, 0.1) is 6.92 Å². The van der Waals surface area contributed by atoms with Crippen molar-refractivity contribution in [1.29, 1.82) is 0 Å². The lowest BCUT2D eigenvalue weighted by atomic mass is 10.2. The number of amides is 2. The quantitative estimate of drug-likeness (QED) is 0.487. The van der Waals surface area contributed by atoms with E-state index in [1.807, 2.05) is 13.0 Å². The molecule has 27 heavy (non-hydrogen) atoms. The largest absolute Gasteiger partial charge is 0.494 e. The average Bonchev–Trinajstić information content (AvgIpc) is 3.08. The van der Waals surface area contributed by atoms with Gasteiger partial charge in [-0.15, -0.1) is 11.3 Å². The van der Waals surface area contributed by atoms with Gasteiger partial charge in [-0.05, 0) is 48.6 Å². The van der Waals surface area contributed by atoms with E-state index in [0.29, 0.717) is 28.8 Å². The summed E-state index contributed by atoms with van der Waals surface area (Å²) >= 11 is 7.10. The second-order valence-electron chi connectivity index (χ2n) is 5.60. The van der Waals surface area contributed by atoms with Gasteiger partial charge in [-0.2, -0.15) is 0 Å². The van der Waals surface area contributed by atoms with Crippen LogP contribution in [0.15, 0.2) is 29.6 Å². The van der Waals surface area contributed by atoms with E-state index in [1.165, 1.54) is 6.07 Å². The van der Waals surface area contributed by atoms with E-state index in [2.05, 4.69) is 5.32 Å².